The van der Waals surface area contributed by atoms with E-state index in [0.717, 1.165) is 11.3 Å². The van der Waals surface area contributed by atoms with E-state index in [-0.39, 0.29) is 0 Å². The second-order valence-electron chi connectivity index (χ2n) is 4.04. The molecule has 5 heteroatoms. The van der Waals surface area contributed by atoms with Crippen LogP contribution in [-0.4, -0.2) is 5.76 Å². The minimum absolute atomic E-state index is 0.500. The first-order chi connectivity index (χ1) is 9.08. The third-order valence-corrected chi connectivity index (χ3v) is 3.46. The number of hydrogen-bond acceptors (Lipinski definition) is 3. The first-order valence-electron chi connectivity index (χ1n) is 5.74. The van der Waals surface area contributed by atoms with Gasteiger partial charge < -0.3 is 11.1 Å². The Hall–Kier alpha value is -1.75. The molecule has 3 N–H and O–H groups in total. The van der Waals surface area contributed by atoms with Crippen molar-refractivity contribution in [3.8, 4) is 0 Å². The van der Waals surface area contributed by atoms with Gasteiger partial charge >= 0.3 is 0 Å². The quantitative estimate of drug-likeness (QED) is 0.633. The first kappa shape index (κ1) is 13.7. The van der Waals surface area contributed by atoms with Crippen molar-refractivity contribution >= 4 is 28.8 Å². The molecule has 0 aliphatic carbocycles. The number of alkyl halides is 2. The Morgan fingerprint density at radius 2 is 1.84 bits per heavy atom. The van der Waals surface area contributed by atoms with Crippen molar-refractivity contribution < 1.29 is 8.78 Å². The molecule has 0 bridgehead atoms. The van der Waals surface area contributed by atoms with E-state index in [0.29, 0.717) is 28.0 Å². The number of aryl methyl sites for hydroxylation is 1. The molecule has 0 saturated heterocycles. The van der Waals surface area contributed by atoms with E-state index in [9.17, 15) is 8.78 Å². The van der Waals surface area contributed by atoms with Crippen LogP contribution >= 0.6 is 11.8 Å². The number of halogens is 2. The van der Waals surface area contributed by atoms with Gasteiger partial charge in [0.25, 0.3) is 5.76 Å². The normalized spacial score (nSPS) is 10.7. The van der Waals surface area contributed by atoms with Crippen molar-refractivity contribution in [2.75, 3.05) is 11.1 Å². The van der Waals surface area contributed by atoms with Crippen molar-refractivity contribution in [3.63, 3.8) is 0 Å². The minimum Gasteiger partial charge on any atom is -0.397 e. The number of rotatable bonds is 4. The molecule has 2 aromatic carbocycles. The summed E-state index contributed by atoms with van der Waals surface area (Å²) in [6, 6.07) is 12.5. The summed E-state index contributed by atoms with van der Waals surface area (Å²) in [6.45, 7) is 1.92. The zero-order chi connectivity index (χ0) is 13.8. The summed E-state index contributed by atoms with van der Waals surface area (Å²) in [7, 11) is 0. The number of nitrogens with one attached hydrogen (secondary N) is 1. The Morgan fingerprint density at radius 3 is 2.53 bits per heavy atom. The van der Waals surface area contributed by atoms with E-state index >= 15 is 0 Å². The molecule has 0 radical (unpaired) electrons. The summed E-state index contributed by atoms with van der Waals surface area (Å²) >= 11 is 0.519. The highest BCUT2D eigenvalue weighted by Gasteiger charge is 2.11. The van der Waals surface area contributed by atoms with Gasteiger partial charge in [0.1, 0.15) is 0 Å². The predicted molar refractivity (Wildman–Crippen MR) is 77.2 cm³/mol. The van der Waals surface area contributed by atoms with Crippen LogP contribution in [0.5, 0.6) is 0 Å². The SMILES string of the molecule is Cc1cccc(N)c1Nc1ccccc1SC(F)F. The van der Waals surface area contributed by atoms with Gasteiger partial charge in [0.05, 0.1) is 17.1 Å². The highest BCUT2D eigenvalue weighted by Crippen LogP contribution is 2.35. The molecule has 0 saturated carbocycles. The molecule has 0 amide bonds. The standard InChI is InChI=1S/C14H14F2N2S/c1-9-5-4-6-10(17)13(9)18-11-7-2-3-8-12(11)19-14(15)16/h2-8,14,18H,17H2,1H3. The van der Waals surface area contributed by atoms with Gasteiger partial charge in [0, 0.05) is 4.90 Å². The maximum absolute atomic E-state index is 12.5. The molecular weight excluding hydrogens is 266 g/mol. The van der Waals surface area contributed by atoms with Gasteiger partial charge in [-0.05, 0) is 30.7 Å². The van der Waals surface area contributed by atoms with Crippen molar-refractivity contribution in [1.29, 1.82) is 0 Å². The van der Waals surface area contributed by atoms with Crippen molar-refractivity contribution in [1.82, 2.24) is 0 Å². The predicted octanol–water partition coefficient (Wildman–Crippen LogP) is 4.64. The Bertz CT molecular complexity index is 553. The van der Waals surface area contributed by atoms with Crippen molar-refractivity contribution in [2.24, 2.45) is 0 Å². The molecule has 100 valence electrons. The molecule has 0 aliphatic heterocycles. The van der Waals surface area contributed by atoms with Crippen LogP contribution in [0, 0.1) is 6.92 Å². The van der Waals surface area contributed by atoms with Gasteiger partial charge in [-0.1, -0.05) is 36.0 Å². The van der Waals surface area contributed by atoms with E-state index in [4.69, 9.17) is 5.73 Å². The van der Waals surface area contributed by atoms with Crippen LogP contribution < -0.4 is 11.1 Å². The van der Waals surface area contributed by atoms with E-state index < -0.39 is 5.76 Å². The van der Waals surface area contributed by atoms with Gasteiger partial charge in [-0.3, -0.25) is 0 Å². The van der Waals surface area contributed by atoms with E-state index in [1.165, 1.54) is 0 Å². The molecule has 0 atom stereocenters. The Kier molecular flexibility index (Phi) is 4.27. The summed E-state index contributed by atoms with van der Waals surface area (Å²) in [5.74, 6) is -2.45. The molecule has 0 heterocycles. The topological polar surface area (TPSA) is 38.0 Å². The molecule has 0 aliphatic rings. The van der Waals surface area contributed by atoms with E-state index in [1.807, 2.05) is 19.1 Å². The van der Waals surface area contributed by atoms with Gasteiger partial charge in [-0.15, -0.1) is 0 Å². The molecule has 0 aromatic heterocycles. The van der Waals surface area contributed by atoms with Gasteiger partial charge in [-0.2, -0.15) is 8.78 Å². The average molecular weight is 280 g/mol. The molecule has 2 nitrogen and oxygen atoms in total. The van der Waals surface area contributed by atoms with E-state index in [1.54, 1.807) is 30.3 Å². The fourth-order valence-corrected chi connectivity index (χ4v) is 2.36. The fraction of sp³-hybridized carbons (Fsp3) is 0.143. The molecule has 0 fully saturated rings. The zero-order valence-electron chi connectivity index (χ0n) is 10.4. The van der Waals surface area contributed by atoms with E-state index in [2.05, 4.69) is 5.32 Å². The van der Waals surface area contributed by atoms with Crippen LogP contribution in [0.2, 0.25) is 0 Å². The molecule has 0 spiro atoms. The van der Waals surface area contributed by atoms with Crippen LogP contribution in [-0.2, 0) is 0 Å². The highest BCUT2D eigenvalue weighted by molar-refractivity contribution is 7.99. The maximum Gasteiger partial charge on any atom is 0.288 e. The summed E-state index contributed by atoms with van der Waals surface area (Å²) in [5.41, 5.74) is 8.85. The monoisotopic (exact) mass is 280 g/mol. The second-order valence-corrected chi connectivity index (χ2v) is 5.07. The van der Waals surface area contributed by atoms with Gasteiger partial charge in [0.2, 0.25) is 0 Å². The van der Waals surface area contributed by atoms with Crippen LogP contribution in [0.25, 0.3) is 0 Å². The van der Waals surface area contributed by atoms with Gasteiger partial charge in [-0.25, -0.2) is 0 Å². The Balaban J connectivity index is 2.33. The summed E-state index contributed by atoms with van der Waals surface area (Å²) in [5, 5.41) is 3.14. The van der Waals surface area contributed by atoms with Crippen LogP contribution in [0.1, 0.15) is 5.56 Å². The number of thioether (sulfide) groups is 1. The zero-order valence-corrected chi connectivity index (χ0v) is 11.2. The average Bonchev–Trinajstić information content (AvgIpc) is 2.35. The lowest BCUT2D eigenvalue weighted by atomic mass is 10.1. The lowest BCUT2D eigenvalue weighted by molar-refractivity contribution is 0.252. The third-order valence-electron chi connectivity index (χ3n) is 2.67. The smallest absolute Gasteiger partial charge is 0.288 e. The van der Waals surface area contributed by atoms with Crippen molar-refractivity contribution in [3.05, 3.63) is 48.0 Å². The molecule has 2 rings (SSSR count). The molecule has 2 aromatic rings. The number of nitrogens with two attached hydrogens (primary N) is 1. The lowest BCUT2D eigenvalue weighted by Crippen LogP contribution is -2.00. The molecule has 0 unspecified atom stereocenters. The second kappa shape index (κ2) is 5.93. The third kappa shape index (κ3) is 3.38. The number of benzene rings is 2. The lowest BCUT2D eigenvalue weighted by Gasteiger charge is -2.15. The summed E-state index contributed by atoms with van der Waals surface area (Å²) in [6.07, 6.45) is 0. The number of para-hydroxylation sites is 2. The molecular formula is C14H14F2N2S. The maximum atomic E-state index is 12.5. The Labute approximate surface area is 115 Å². The van der Waals surface area contributed by atoms with Crippen LogP contribution in [0.15, 0.2) is 47.4 Å². The largest absolute Gasteiger partial charge is 0.397 e. The van der Waals surface area contributed by atoms with Crippen LogP contribution in [0.4, 0.5) is 25.8 Å². The Morgan fingerprint density at radius 1 is 1.11 bits per heavy atom. The highest BCUT2D eigenvalue weighted by atomic mass is 32.2. The molecule has 19 heavy (non-hydrogen) atoms. The van der Waals surface area contributed by atoms with Gasteiger partial charge in [0.15, 0.2) is 0 Å². The fourth-order valence-electron chi connectivity index (χ4n) is 1.76. The number of hydrogen-bond donors (Lipinski definition) is 2. The minimum atomic E-state index is -2.45. The summed E-state index contributed by atoms with van der Waals surface area (Å²) in [4.78, 5) is 0.500. The number of nitrogen functional groups attached to an aromatic ring is 1. The first-order valence-corrected chi connectivity index (χ1v) is 6.62. The van der Waals surface area contributed by atoms with Crippen LogP contribution in [0.3, 0.4) is 0 Å². The van der Waals surface area contributed by atoms with Crippen molar-refractivity contribution in [2.45, 2.75) is 17.6 Å². The number of anilines is 3. The summed E-state index contributed by atoms with van der Waals surface area (Å²) < 4.78 is 25.0.